The molecule has 4 nitrogen and oxygen atoms in total. The Morgan fingerprint density at radius 1 is 1.38 bits per heavy atom. The van der Waals surface area contributed by atoms with Crippen molar-refractivity contribution in [1.29, 1.82) is 0 Å². The van der Waals surface area contributed by atoms with Gasteiger partial charge in [0.05, 0.1) is 25.9 Å². The lowest BCUT2D eigenvalue weighted by Gasteiger charge is -2.55. The van der Waals surface area contributed by atoms with Gasteiger partial charge in [0.25, 0.3) is 0 Å². The van der Waals surface area contributed by atoms with Gasteiger partial charge in [0, 0.05) is 5.57 Å². The van der Waals surface area contributed by atoms with Crippen LogP contribution in [0.3, 0.4) is 0 Å². The fourth-order valence-electron chi connectivity index (χ4n) is 3.55. The minimum atomic E-state index is -0.370. The number of ether oxygens (including phenoxy) is 3. The van der Waals surface area contributed by atoms with Gasteiger partial charge in [-0.05, 0) is 50.4 Å². The summed E-state index contributed by atoms with van der Waals surface area (Å²) in [6, 6.07) is 0. The summed E-state index contributed by atoms with van der Waals surface area (Å²) in [4.78, 5) is 11.2. The molecular weight excluding hydrogens is 304 g/mol. The molecule has 0 aromatic rings. The summed E-state index contributed by atoms with van der Waals surface area (Å²) in [5.41, 5.74) is 2.49. The zero-order chi connectivity index (χ0) is 17.7. The predicted molar refractivity (Wildman–Crippen MR) is 94.7 cm³/mol. The molecule has 0 aromatic carbocycles. The molecule has 2 bridgehead atoms. The van der Waals surface area contributed by atoms with Crippen LogP contribution in [0, 0.1) is 17.3 Å². The minimum absolute atomic E-state index is 0.0528. The van der Waals surface area contributed by atoms with Crippen LogP contribution in [0.25, 0.3) is 0 Å². The topological polar surface area (TPSA) is 44.8 Å². The molecule has 0 spiro atoms. The van der Waals surface area contributed by atoms with Crippen molar-refractivity contribution in [2.45, 2.75) is 53.1 Å². The summed E-state index contributed by atoms with van der Waals surface area (Å²) in [7, 11) is 0. The van der Waals surface area contributed by atoms with Gasteiger partial charge >= 0.3 is 5.97 Å². The molecule has 0 radical (unpaired) electrons. The smallest absolute Gasteiger partial charge is 0.333 e. The van der Waals surface area contributed by atoms with Gasteiger partial charge in [-0.2, -0.15) is 0 Å². The number of allylic oxidation sites excluding steroid dienone is 1. The van der Waals surface area contributed by atoms with Gasteiger partial charge < -0.3 is 14.2 Å². The molecule has 0 saturated heterocycles. The summed E-state index contributed by atoms with van der Waals surface area (Å²) in [6.45, 7) is 13.9. The van der Waals surface area contributed by atoms with E-state index >= 15 is 0 Å². The van der Waals surface area contributed by atoms with Crippen molar-refractivity contribution in [3.05, 3.63) is 23.8 Å². The Balaban J connectivity index is 1.51. The SMILES string of the molecule is C=C(C)C(=O)OCCOCC(C)OCCC1=CC2CC(C1)C2(C)C. The normalized spacial score (nSPS) is 25.4. The summed E-state index contributed by atoms with van der Waals surface area (Å²) in [5.74, 6) is 1.27. The van der Waals surface area contributed by atoms with Gasteiger partial charge in [0.2, 0.25) is 0 Å². The van der Waals surface area contributed by atoms with E-state index < -0.39 is 0 Å². The molecule has 4 heteroatoms. The Morgan fingerprint density at radius 2 is 2.12 bits per heavy atom. The van der Waals surface area contributed by atoms with Gasteiger partial charge in [-0.15, -0.1) is 0 Å². The van der Waals surface area contributed by atoms with Crippen molar-refractivity contribution >= 4 is 5.97 Å². The third-order valence-electron chi connectivity index (χ3n) is 5.48. The molecular formula is C20H32O4. The number of carbonyl (C=O) groups excluding carboxylic acids is 1. The van der Waals surface area contributed by atoms with E-state index in [4.69, 9.17) is 14.2 Å². The number of carbonyl (C=O) groups is 1. The van der Waals surface area contributed by atoms with Gasteiger partial charge in [0.1, 0.15) is 6.61 Å². The number of hydrogen-bond acceptors (Lipinski definition) is 4. The molecule has 1 saturated carbocycles. The van der Waals surface area contributed by atoms with E-state index in [0.717, 1.165) is 24.9 Å². The lowest BCUT2D eigenvalue weighted by Crippen LogP contribution is -2.46. The van der Waals surface area contributed by atoms with E-state index in [2.05, 4.69) is 26.5 Å². The van der Waals surface area contributed by atoms with Crippen LogP contribution < -0.4 is 0 Å². The molecule has 0 amide bonds. The molecule has 3 aliphatic carbocycles. The second-order valence-corrected chi connectivity index (χ2v) is 7.81. The Labute approximate surface area is 146 Å². The molecule has 3 rings (SSSR count). The van der Waals surface area contributed by atoms with E-state index in [0.29, 0.717) is 24.2 Å². The first-order valence-electron chi connectivity index (χ1n) is 9.02. The van der Waals surface area contributed by atoms with Crippen LogP contribution >= 0.6 is 0 Å². The van der Waals surface area contributed by atoms with E-state index in [9.17, 15) is 4.79 Å². The minimum Gasteiger partial charge on any atom is -0.460 e. The first-order valence-corrected chi connectivity index (χ1v) is 9.02. The van der Waals surface area contributed by atoms with E-state index in [-0.39, 0.29) is 18.7 Å². The zero-order valence-corrected chi connectivity index (χ0v) is 15.6. The first kappa shape index (κ1) is 19.2. The highest BCUT2D eigenvalue weighted by molar-refractivity contribution is 5.86. The molecule has 0 aliphatic heterocycles. The molecule has 24 heavy (non-hydrogen) atoms. The second kappa shape index (κ2) is 8.30. The standard InChI is InChI=1S/C20H32O4/c1-14(2)19(21)24-9-8-22-13-15(3)23-7-6-16-10-17-12-18(11-16)20(17,4)5/h10,15,17-18H,1,6-9,11-13H2,2-5H3. The number of esters is 1. The largest absolute Gasteiger partial charge is 0.460 e. The second-order valence-electron chi connectivity index (χ2n) is 7.81. The van der Waals surface area contributed by atoms with Crippen molar-refractivity contribution < 1.29 is 19.0 Å². The van der Waals surface area contributed by atoms with Crippen molar-refractivity contribution in [2.24, 2.45) is 17.3 Å². The van der Waals surface area contributed by atoms with Crippen LogP contribution in [0.15, 0.2) is 23.8 Å². The van der Waals surface area contributed by atoms with Crippen LogP contribution in [0.4, 0.5) is 0 Å². The average molecular weight is 336 g/mol. The molecule has 136 valence electrons. The maximum absolute atomic E-state index is 11.2. The molecule has 3 atom stereocenters. The zero-order valence-electron chi connectivity index (χ0n) is 15.6. The van der Waals surface area contributed by atoms with Crippen LogP contribution in [-0.2, 0) is 19.0 Å². The third kappa shape index (κ3) is 4.93. The summed E-state index contributed by atoms with van der Waals surface area (Å²) >= 11 is 0. The highest BCUT2D eigenvalue weighted by atomic mass is 16.6. The highest BCUT2D eigenvalue weighted by Gasteiger charge is 2.49. The molecule has 3 aliphatic rings. The number of fused-ring (bicyclic) bond motifs is 1. The van der Waals surface area contributed by atoms with Gasteiger partial charge in [-0.3, -0.25) is 0 Å². The Morgan fingerprint density at radius 3 is 2.71 bits per heavy atom. The van der Waals surface area contributed by atoms with Crippen molar-refractivity contribution in [3.8, 4) is 0 Å². The lowest BCUT2D eigenvalue weighted by molar-refractivity contribution is -0.140. The maximum Gasteiger partial charge on any atom is 0.333 e. The molecule has 3 unspecified atom stereocenters. The Kier molecular flexibility index (Phi) is 6.64. The fraction of sp³-hybridized carbons (Fsp3) is 0.750. The number of hydrogen-bond donors (Lipinski definition) is 0. The van der Waals surface area contributed by atoms with E-state index in [1.165, 1.54) is 12.8 Å². The number of rotatable bonds is 10. The third-order valence-corrected chi connectivity index (χ3v) is 5.48. The van der Waals surface area contributed by atoms with Crippen LogP contribution in [0.5, 0.6) is 0 Å². The molecule has 0 aromatic heterocycles. The molecule has 0 N–H and O–H groups in total. The monoisotopic (exact) mass is 336 g/mol. The quantitative estimate of drug-likeness (QED) is 0.263. The predicted octanol–water partition coefficient (Wildman–Crippen LogP) is 3.91. The van der Waals surface area contributed by atoms with Crippen molar-refractivity contribution in [2.75, 3.05) is 26.4 Å². The van der Waals surface area contributed by atoms with E-state index in [1.807, 2.05) is 6.92 Å². The van der Waals surface area contributed by atoms with E-state index in [1.54, 1.807) is 12.5 Å². The van der Waals surface area contributed by atoms with Gasteiger partial charge in [0.15, 0.2) is 0 Å². The summed E-state index contributed by atoms with van der Waals surface area (Å²) in [6.07, 6.45) is 6.19. The highest BCUT2D eigenvalue weighted by Crippen LogP contribution is 2.58. The lowest BCUT2D eigenvalue weighted by atomic mass is 9.50. The molecule has 0 heterocycles. The van der Waals surface area contributed by atoms with Crippen molar-refractivity contribution in [3.63, 3.8) is 0 Å². The Bertz CT molecular complexity index is 492. The maximum atomic E-state index is 11.2. The first-order chi connectivity index (χ1) is 11.3. The van der Waals surface area contributed by atoms with Gasteiger partial charge in [-0.1, -0.05) is 32.1 Å². The summed E-state index contributed by atoms with van der Waals surface area (Å²) in [5, 5.41) is 0. The van der Waals surface area contributed by atoms with Crippen molar-refractivity contribution in [1.82, 2.24) is 0 Å². The summed E-state index contributed by atoms with van der Waals surface area (Å²) < 4.78 is 16.3. The van der Waals surface area contributed by atoms with Crippen LogP contribution in [-0.4, -0.2) is 38.5 Å². The van der Waals surface area contributed by atoms with Crippen LogP contribution in [0.2, 0.25) is 0 Å². The Hall–Kier alpha value is -1.13. The average Bonchev–Trinajstić information content (AvgIpc) is 2.54. The van der Waals surface area contributed by atoms with Crippen LogP contribution in [0.1, 0.15) is 47.0 Å². The fourth-order valence-corrected chi connectivity index (χ4v) is 3.55. The molecule has 1 fully saturated rings. The van der Waals surface area contributed by atoms with Gasteiger partial charge in [-0.25, -0.2) is 4.79 Å².